The Morgan fingerprint density at radius 3 is 2.61 bits per heavy atom. The number of aromatic nitrogens is 3. The minimum Gasteiger partial charge on any atom is -0.349 e. The topological polar surface area (TPSA) is 62.7 Å². The lowest BCUT2D eigenvalue weighted by Gasteiger charge is -2.09. The van der Waals surface area contributed by atoms with Gasteiger partial charge in [-0.1, -0.05) is 35.9 Å². The third-order valence-corrected chi connectivity index (χ3v) is 4.00. The second-order valence-electron chi connectivity index (χ2n) is 4.75. The Labute approximate surface area is 147 Å². The van der Waals surface area contributed by atoms with Crippen molar-refractivity contribution in [1.29, 1.82) is 0 Å². The number of benzene rings is 2. The minimum atomic E-state index is 0.456. The summed E-state index contributed by atoms with van der Waals surface area (Å²) in [5.74, 6) is 1.07. The van der Waals surface area contributed by atoms with Gasteiger partial charge in [-0.25, -0.2) is 0 Å². The lowest BCUT2D eigenvalue weighted by molar-refractivity contribution is 0.949. The summed E-state index contributed by atoms with van der Waals surface area (Å²) in [5.41, 5.74) is 2.00. The zero-order valence-corrected chi connectivity index (χ0v) is 14.3. The highest BCUT2D eigenvalue weighted by Crippen LogP contribution is 2.24. The van der Waals surface area contributed by atoms with Gasteiger partial charge in [0.05, 0.1) is 11.9 Å². The molecule has 23 heavy (non-hydrogen) atoms. The first-order chi connectivity index (χ1) is 11.2. The molecule has 0 unspecified atom stereocenters. The molecule has 2 N–H and O–H groups in total. The molecule has 3 aromatic rings. The smallest absolute Gasteiger partial charge is 0.244 e. The van der Waals surface area contributed by atoms with Crippen LogP contribution in [0.25, 0.3) is 0 Å². The third-order valence-electron chi connectivity index (χ3n) is 3.06. The van der Waals surface area contributed by atoms with Crippen molar-refractivity contribution in [2.45, 2.75) is 6.54 Å². The van der Waals surface area contributed by atoms with Crippen LogP contribution in [-0.2, 0) is 6.54 Å². The van der Waals surface area contributed by atoms with Crippen molar-refractivity contribution < 1.29 is 0 Å². The molecular formula is C16H13BrClN5. The summed E-state index contributed by atoms with van der Waals surface area (Å²) in [6.45, 7) is 0.595. The maximum atomic E-state index is 5.87. The van der Waals surface area contributed by atoms with Crippen molar-refractivity contribution in [3.63, 3.8) is 0 Å². The molecule has 3 rings (SSSR count). The Kier molecular flexibility index (Phi) is 5.05. The second-order valence-corrected chi connectivity index (χ2v) is 6.04. The van der Waals surface area contributed by atoms with Crippen LogP contribution in [-0.4, -0.2) is 15.2 Å². The van der Waals surface area contributed by atoms with Crippen LogP contribution in [0.4, 0.5) is 17.5 Å². The minimum absolute atomic E-state index is 0.456. The number of halogens is 2. The number of hydrogen-bond acceptors (Lipinski definition) is 5. The van der Waals surface area contributed by atoms with E-state index in [0.29, 0.717) is 23.3 Å². The van der Waals surface area contributed by atoms with E-state index in [9.17, 15) is 0 Å². The molecule has 5 nitrogen and oxygen atoms in total. The van der Waals surface area contributed by atoms with Gasteiger partial charge in [0.1, 0.15) is 0 Å². The Balaban J connectivity index is 1.67. The molecule has 0 aliphatic carbocycles. The highest BCUT2D eigenvalue weighted by molar-refractivity contribution is 9.10. The summed E-state index contributed by atoms with van der Waals surface area (Å²) >= 11 is 9.36. The van der Waals surface area contributed by atoms with Crippen molar-refractivity contribution in [3.05, 3.63) is 69.8 Å². The first kappa shape index (κ1) is 15.7. The molecule has 2 aromatic carbocycles. The molecule has 7 heteroatoms. The van der Waals surface area contributed by atoms with Gasteiger partial charge in [-0.15, -0.1) is 5.10 Å². The summed E-state index contributed by atoms with van der Waals surface area (Å²) < 4.78 is 0.953. The average Bonchev–Trinajstić information content (AvgIpc) is 2.57. The Bertz CT molecular complexity index is 794. The van der Waals surface area contributed by atoms with Crippen LogP contribution in [0.15, 0.2) is 59.2 Å². The van der Waals surface area contributed by atoms with Gasteiger partial charge in [-0.3, -0.25) is 0 Å². The van der Waals surface area contributed by atoms with Crippen molar-refractivity contribution in [3.8, 4) is 0 Å². The van der Waals surface area contributed by atoms with E-state index in [1.54, 1.807) is 6.20 Å². The second kappa shape index (κ2) is 7.39. The number of anilines is 3. The average molecular weight is 391 g/mol. The van der Waals surface area contributed by atoms with Crippen LogP contribution in [0, 0.1) is 0 Å². The summed E-state index contributed by atoms with van der Waals surface area (Å²) in [6, 6.07) is 15.4. The fraction of sp³-hybridized carbons (Fsp3) is 0.0625. The van der Waals surface area contributed by atoms with E-state index in [-0.39, 0.29) is 0 Å². The number of nitrogens with zero attached hydrogens (tertiary/aromatic N) is 3. The van der Waals surface area contributed by atoms with E-state index < -0.39 is 0 Å². The third kappa shape index (κ3) is 4.40. The van der Waals surface area contributed by atoms with Crippen LogP contribution in [0.5, 0.6) is 0 Å². The van der Waals surface area contributed by atoms with Gasteiger partial charge in [0, 0.05) is 16.0 Å². The Hall–Kier alpha value is -2.18. The molecule has 1 aromatic heterocycles. The molecule has 0 saturated heterocycles. The molecule has 0 radical (unpaired) electrons. The Morgan fingerprint density at radius 2 is 1.83 bits per heavy atom. The normalized spacial score (nSPS) is 10.3. The molecule has 0 saturated carbocycles. The fourth-order valence-electron chi connectivity index (χ4n) is 1.92. The molecule has 0 aliphatic rings. The first-order valence-corrected chi connectivity index (χ1v) is 8.07. The first-order valence-electron chi connectivity index (χ1n) is 6.90. The molecule has 0 aliphatic heterocycles. The molecule has 0 fully saturated rings. The van der Waals surface area contributed by atoms with E-state index >= 15 is 0 Å². The molecular weight excluding hydrogens is 378 g/mol. The zero-order valence-electron chi connectivity index (χ0n) is 12.0. The van der Waals surface area contributed by atoms with Crippen LogP contribution in [0.1, 0.15) is 5.56 Å². The van der Waals surface area contributed by atoms with Gasteiger partial charge < -0.3 is 10.6 Å². The van der Waals surface area contributed by atoms with Crippen molar-refractivity contribution in [2.24, 2.45) is 0 Å². The molecule has 116 valence electrons. The summed E-state index contributed by atoms with van der Waals surface area (Å²) in [7, 11) is 0. The summed E-state index contributed by atoms with van der Waals surface area (Å²) in [6.07, 6.45) is 1.58. The van der Waals surface area contributed by atoms with E-state index in [0.717, 1.165) is 15.7 Å². The number of para-hydroxylation sites is 1. The molecule has 1 heterocycles. The lowest BCUT2D eigenvalue weighted by Crippen LogP contribution is -2.06. The van der Waals surface area contributed by atoms with Gasteiger partial charge in [-0.2, -0.15) is 10.1 Å². The predicted molar refractivity (Wildman–Crippen MR) is 96.0 cm³/mol. The van der Waals surface area contributed by atoms with Crippen LogP contribution >= 0.6 is 27.5 Å². The maximum Gasteiger partial charge on any atom is 0.244 e. The van der Waals surface area contributed by atoms with Gasteiger partial charge in [0.15, 0.2) is 5.82 Å². The largest absolute Gasteiger partial charge is 0.349 e. The fourth-order valence-corrected chi connectivity index (χ4v) is 2.43. The number of nitrogens with one attached hydrogen (secondary N) is 2. The van der Waals surface area contributed by atoms with E-state index in [1.807, 2.05) is 48.5 Å². The molecule has 0 atom stereocenters. The molecule has 0 bridgehead atoms. The SMILES string of the molecule is Clc1ccc(CNc2nncc(Nc3ccccc3Br)n2)cc1. The van der Waals surface area contributed by atoms with E-state index in [1.165, 1.54) is 0 Å². The number of hydrogen-bond donors (Lipinski definition) is 2. The van der Waals surface area contributed by atoms with Crippen LogP contribution in [0.3, 0.4) is 0 Å². The summed E-state index contributed by atoms with van der Waals surface area (Å²) in [5, 5.41) is 15.0. The van der Waals surface area contributed by atoms with Crippen LogP contribution in [0.2, 0.25) is 5.02 Å². The lowest BCUT2D eigenvalue weighted by atomic mass is 10.2. The highest BCUT2D eigenvalue weighted by atomic mass is 79.9. The highest BCUT2D eigenvalue weighted by Gasteiger charge is 2.03. The predicted octanol–water partition coefficient (Wildman–Crippen LogP) is 4.64. The maximum absolute atomic E-state index is 5.87. The standard InChI is InChI=1S/C16H13BrClN5/c17-13-3-1-2-4-14(13)21-15-10-20-23-16(22-15)19-9-11-5-7-12(18)8-6-11/h1-8,10H,9H2,(H2,19,21,22,23). The quantitative estimate of drug-likeness (QED) is 0.664. The van der Waals surface area contributed by atoms with Gasteiger partial charge >= 0.3 is 0 Å². The van der Waals surface area contributed by atoms with Gasteiger partial charge in [0.25, 0.3) is 0 Å². The van der Waals surface area contributed by atoms with Crippen LogP contribution < -0.4 is 10.6 Å². The van der Waals surface area contributed by atoms with Crippen molar-refractivity contribution in [2.75, 3.05) is 10.6 Å². The Morgan fingerprint density at radius 1 is 1.04 bits per heavy atom. The van der Waals surface area contributed by atoms with Crippen molar-refractivity contribution in [1.82, 2.24) is 15.2 Å². The number of rotatable bonds is 5. The van der Waals surface area contributed by atoms with E-state index in [2.05, 4.69) is 41.7 Å². The molecule has 0 spiro atoms. The molecule has 0 amide bonds. The van der Waals surface area contributed by atoms with Gasteiger partial charge in [-0.05, 0) is 45.8 Å². The van der Waals surface area contributed by atoms with Crippen molar-refractivity contribution >= 4 is 45.0 Å². The van der Waals surface area contributed by atoms with Gasteiger partial charge in [0.2, 0.25) is 5.95 Å². The monoisotopic (exact) mass is 389 g/mol. The summed E-state index contributed by atoms with van der Waals surface area (Å²) in [4.78, 5) is 4.40. The van der Waals surface area contributed by atoms with E-state index in [4.69, 9.17) is 11.6 Å². The zero-order chi connectivity index (χ0) is 16.1.